The molecule has 2 rings (SSSR count). The smallest absolute Gasteiger partial charge is 0.141 e. The summed E-state index contributed by atoms with van der Waals surface area (Å²) in [7, 11) is 0. The molecule has 104 valence electrons. The minimum absolute atomic E-state index is 0.00490. The summed E-state index contributed by atoms with van der Waals surface area (Å²) in [6.07, 6.45) is 0.420. The van der Waals surface area contributed by atoms with Crippen molar-refractivity contribution in [1.29, 1.82) is 0 Å². The van der Waals surface area contributed by atoms with Crippen LogP contribution >= 0.6 is 23.2 Å². The summed E-state index contributed by atoms with van der Waals surface area (Å²) in [5.41, 5.74) is 2.23. The molecule has 0 spiro atoms. The van der Waals surface area contributed by atoms with Crippen LogP contribution in [0, 0.1) is 12.7 Å². The van der Waals surface area contributed by atoms with Crippen LogP contribution in [0.5, 0.6) is 0 Å². The van der Waals surface area contributed by atoms with Gasteiger partial charge in [0.2, 0.25) is 0 Å². The molecule has 0 amide bonds. The molecule has 2 aromatic carbocycles. The summed E-state index contributed by atoms with van der Waals surface area (Å²) < 4.78 is 13.0. The van der Waals surface area contributed by atoms with E-state index in [9.17, 15) is 9.18 Å². The van der Waals surface area contributed by atoms with Crippen molar-refractivity contribution in [2.45, 2.75) is 19.8 Å². The highest BCUT2D eigenvalue weighted by Crippen LogP contribution is 2.25. The van der Waals surface area contributed by atoms with Crippen molar-refractivity contribution in [2.24, 2.45) is 0 Å². The highest BCUT2D eigenvalue weighted by Gasteiger charge is 2.12. The Morgan fingerprint density at radius 2 is 1.75 bits per heavy atom. The molecular formula is C16H13Cl2FO. The Balaban J connectivity index is 2.13. The molecule has 0 unspecified atom stereocenters. The molecule has 0 aromatic heterocycles. The van der Waals surface area contributed by atoms with E-state index >= 15 is 0 Å². The molecule has 0 heterocycles. The van der Waals surface area contributed by atoms with Crippen LogP contribution in [0.1, 0.15) is 16.7 Å². The average Bonchev–Trinajstić information content (AvgIpc) is 2.37. The molecule has 0 N–H and O–H groups in total. The topological polar surface area (TPSA) is 17.1 Å². The van der Waals surface area contributed by atoms with Crippen molar-refractivity contribution in [3.8, 4) is 0 Å². The highest BCUT2D eigenvalue weighted by molar-refractivity contribution is 6.36. The van der Waals surface area contributed by atoms with Gasteiger partial charge < -0.3 is 0 Å². The Morgan fingerprint density at radius 3 is 2.35 bits per heavy atom. The number of hydrogen-bond donors (Lipinski definition) is 0. The minimum Gasteiger partial charge on any atom is -0.299 e. The molecule has 0 aliphatic heterocycles. The van der Waals surface area contributed by atoms with Crippen molar-refractivity contribution < 1.29 is 9.18 Å². The van der Waals surface area contributed by atoms with Crippen molar-refractivity contribution in [3.63, 3.8) is 0 Å². The fourth-order valence-corrected chi connectivity index (χ4v) is 2.56. The monoisotopic (exact) mass is 310 g/mol. The minimum atomic E-state index is -0.298. The normalized spacial score (nSPS) is 10.6. The first-order chi connectivity index (χ1) is 9.47. The van der Waals surface area contributed by atoms with E-state index in [4.69, 9.17) is 23.2 Å². The number of carbonyl (C=O) groups is 1. The molecule has 0 saturated heterocycles. The fraction of sp³-hybridized carbons (Fsp3) is 0.188. The molecule has 0 bridgehead atoms. The first-order valence-electron chi connectivity index (χ1n) is 6.17. The van der Waals surface area contributed by atoms with Crippen LogP contribution in [0.2, 0.25) is 10.0 Å². The quantitative estimate of drug-likeness (QED) is 0.793. The molecule has 0 aliphatic carbocycles. The third kappa shape index (κ3) is 3.59. The Kier molecular flexibility index (Phi) is 4.79. The van der Waals surface area contributed by atoms with Gasteiger partial charge in [-0.2, -0.15) is 0 Å². The van der Waals surface area contributed by atoms with Gasteiger partial charge in [-0.3, -0.25) is 4.79 Å². The number of Topliss-reactive ketones (excluding diaryl/α,β-unsaturated/α-hetero) is 1. The number of aryl methyl sites for hydroxylation is 1. The molecule has 20 heavy (non-hydrogen) atoms. The van der Waals surface area contributed by atoms with Gasteiger partial charge in [-0.25, -0.2) is 4.39 Å². The number of benzene rings is 2. The van der Waals surface area contributed by atoms with Crippen LogP contribution in [0.15, 0.2) is 36.4 Å². The predicted molar refractivity (Wildman–Crippen MR) is 80.0 cm³/mol. The third-order valence-corrected chi connectivity index (χ3v) is 3.84. The second kappa shape index (κ2) is 6.38. The van der Waals surface area contributed by atoms with Crippen molar-refractivity contribution in [1.82, 2.24) is 0 Å². The lowest BCUT2D eigenvalue weighted by Crippen LogP contribution is -2.08. The van der Waals surface area contributed by atoms with Gasteiger partial charge >= 0.3 is 0 Å². The van der Waals surface area contributed by atoms with Crippen LogP contribution in [0.3, 0.4) is 0 Å². The second-order valence-electron chi connectivity index (χ2n) is 4.66. The summed E-state index contributed by atoms with van der Waals surface area (Å²) in [6.45, 7) is 1.79. The van der Waals surface area contributed by atoms with E-state index in [2.05, 4.69) is 0 Å². The lowest BCUT2D eigenvalue weighted by atomic mass is 9.99. The number of ketones is 1. The lowest BCUT2D eigenvalue weighted by molar-refractivity contribution is -0.117. The van der Waals surface area contributed by atoms with E-state index < -0.39 is 0 Å². The van der Waals surface area contributed by atoms with Crippen LogP contribution in [-0.2, 0) is 17.6 Å². The fourth-order valence-electron chi connectivity index (χ4n) is 2.03. The standard InChI is InChI=1S/C16H13Cl2FO/c1-10-7-12(19)6-5-11(10)8-13(20)9-14-15(17)3-2-4-16(14)18/h2-7H,8-9H2,1H3. The first-order valence-corrected chi connectivity index (χ1v) is 6.92. The SMILES string of the molecule is Cc1cc(F)ccc1CC(=O)Cc1c(Cl)cccc1Cl. The molecule has 0 radical (unpaired) electrons. The largest absolute Gasteiger partial charge is 0.299 e. The van der Waals surface area contributed by atoms with Crippen molar-refractivity contribution >= 4 is 29.0 Å². The summed E-state index contributed by atoms with van der Waals surface area (Å²) in [5, 5.41) is 0.975. The molecule has 0 fully saturated rings. The van der Waals surface area contributed by atoms with Crippen molar-refractivity contribution in [2.75, 3.05) is 0 Å². The van der Waals surface area contributed by atoms with Gasteiger partial charge in [-0.1, -0.05) is 35.3 Å². The van der Waals surface area contributed by atoms with Gasteiger partial charge in [-0.15, -0.1) is 0 Å². The zero-order chi connectivity index (χ0) is 14.7. The maximum atomic E-state index is 13.0. The van der Waals surface area contributed by atoms with Gasteiger partial charge in [0, 0.05) is 22.9 Å². The van der Waals surface area contributed by atoms with E-state index in [1.807, 2.05) is 0 Å². The Hall–Kier alpha value is -1.38. The highest BCUT2D eigenvalue weighted by atomic mass is 35.5. The van der Waals surface area contributed by atoms with Gasteiger partial charge in [-0.05, 0) is 47.9 Å². The number of halogens is 3. The molecule has 1 nitrogen and oxygen atoms in total. The molecule has 4 heteroatoms. The van der Waals surface area contributed by atoms with E-state index in [0.29, 0.717) is 15.6 Å². The maximum absolute atomic E-state index is 13.0. The Morgan fingerprint density at radius 1 is 1.10 bits per heavy atom. The van der Waals surface area contributed by atoms with E-state index in [1.54, 1.807) is 31.2 Å². The van der Waals surface area contributed by atoms with Crippen LogP contribution in [0.25, 0.3) is 0 Å². The van der Waals surface area contributed by atoms with Crippen LogP contribution in [0.4, 0.5) is 4.39 Å². The van der Waals surface area contributed by atoms with E-state index in [0.717, 1.165) is 11.1 Å². The number of hydrogen-bond acceptors (Lipinski definition) is 1. The number of rotatable bonds is 4. The maximum Gasteiger partial charge on any atom is 0.141 e. The predicted octanol–water partition coefficient (Wildman–Crippen LogP) is 4.80. The summed E-state index contributed by atoms with van der Waals surface area (Å²) in [5.74, 6) is -0.303. The molecule has 0 atom stereocenters. The van der Waals surface area contributed by atoms with E-state index in [1.165, 1.54) is 12.1 Å². The Labute approximate surface area is 127 Å². The van der Waals surface area contributed by atoms with Gasteiger partial charge in [0.1, 0.15) is 11.6 Å². The molecular weight excluding hydrogens is 298 g/mol. The van der Waals surface area contributed by atoms with Crippen LogP contribution < -0.4 is 0 Å². The summed E-state index contributed by atoms with van der Waals surface area (Å²) in [6, 6.07) is 9.57. The first kappa shape index (κ1) is 15.0. The van der Waals surface area contributed by atoms with Gasteiger partial charge in [0.25, 0.3) is 0 Å². The summed E-state index contributed by atoms with van der Waals surface area (Å²) in [4.78, 5) is 12.1. The third-order valence-electron chi connectivity index (χ3n) is 3.13. The van der Waals surface area contributed by atoms with Crippen molar-refractivity contribution in [3.05, 3.63) is 69.0 Å². The zero-order valence-corrected chi connectivity index (χ0v) is 12.4. The number of carbonyl (C=O) groups excluding carboxylic acids is 1. The second-order valence-corrected chi connectivity index (χ2v) is 5.48. The average molecular weight is 311 g/mol. The molecule has 0 aliphatic rings. The van der Waals surface area contributed by atoms with E-state index in [-0.39, 0.29) is 24.4 Å². The van der Waals surface area contributed by atoms with Gasteiger partial charge in [0.05, 0.1) is 0 Å². The summed E-state index contributed by atoms with van der Waals surface area (Å²) >= 11 is 12.1. The van der Waals surface area contributed by atoms with Crippen LogP contribution in [-0.4, -0.2) is 5.78 Å². The molecule has 0 saturated carbocycles. The lowest BCUT2D eigenvalue weighted by Gasteiger charge is -2.08. The molecule has 2 aromatic rings. The zero-order valence-electron chi connectivity index (χ0n) is 10.9. The Bertz CT molecular complexity index is 633. The van der Waals surface area contributed by atoms with Gasteiger partial charge in [0.15, 0.2) is 0 Å².